The fourth-order valence-electron chi connectivity index (χ4n) is 2.47. The van der Waals surface area contributed by atoms with Crippen LogP contribution in [-0.4, -0.2) is 23.7 Å². The van der Waals surface area contributed by atoms with Gasteiger partial charge in [0, 0.05) is 29.4 Å². The van der Waals surface area contributed by atoms with Gasteiger partial charge in [0.05, 0.1) is 5.02 Å². The predicted octanol–water partition coefficient (Wildman–Crippen LogP) is 1.67. The van der Waals surface area contributed by atoms with Gasteiger partial charge in [0.15, 0.2) is 11.5 Å². The van der Waals surface area contributed by atoms with Crippen molar-refractivity contribution in [3.63, 3.8) is 0 Å². The Morgan fingerprint density at radius 3 is 2.75 bits per heavy atom. The number of hydrogen-bond donors (Lipinski definition) is 1. The molecular weight excluding hydrogens is 288 g/mol. The smallest absolute Gasteiger partial charge is 0.237 e. The van der Waals surface area contributed by atoms with Gasteiger partial charge < -0.3 is 14.8 Å². The normalized spacial score (nSPS) is 24.4. The highest BCUT2D eigenvalue weighted by Crippen LogP contribution is 2.40. The van der Waals surface area contributed by atoms with E-state index in [1.54, 1.807) is 12.1 Å². The van der Waals surface area contributed by atoms with Crippen molar-refractivity contribution in [3.05, 3.63) is 32.8 Å². The topological polar surface area (TPSA) is 90.7 Å². The molecule has 1 aromatic rings. The number of fused-ring (bicyclic) bond motifs is 1. The minimum atomic E-state index is -0.898. The van der Waals surface area contributed by atoms with Crippen molar-refractivity contribution < 1.29 is 19.2 Å². The number of benzene rings is 1. The molecule has 7 nitrogen and oxygen atoms in total. The summed E-state index contributed by atoms with van der Waals surface area (Å²) in [7, 11) is 0. The molecule has 2 aliphatic rings. The zero-order valence-corrected chi connectivity index (χ0v) is 11.1. The Bertz CT molecular complexity index is 591. The summed E-state index contributed by atoms with van der Waals surface area (Å²) in [5.41, 5.74) is 0.477. The lowest BCUT2D eigenvalue weighted by atomic mass is 9.92. The van der Waals surface area contributed by atoms with Crippen molar-refractivity contribution in [1.29, 1.82) is 0 Å². The van der Waals surface area contributed by atoms with E-state index < -0.39 is 12.1 Å². The maximum absolute atomic E-state index is 11.5. The van der Waals surface area contributed by atoms with Gasteiger partial charge in [-0.3, -0.25) is 14.9 Å². The van der Waals surface area contributed by atoms with Crippen molar-refractivity contribution >= 4 is 17.5 Å². The summed E-state index contributed by atoms with van der Waals surface area (Å²) < 4.78 is 10.4. The van der Waals surface area contributed by atoms with E-state index >= 15 is 0 Å². The second-order valence-electron chi connectivity index (χ2n) is 4.66. The average molecular weight is 299 g/mol. The Kier molecular flexibility index (Phi) is 3.13. The molecule has 20 heavy (non-hydrogen) atoms. The van der Waals surface area contributed by atoms with Crippen LogP contribution in [0.1, 0.15) is 24.4 Å². The molecule has 106 valence electrons. The van der Waals surface area contributed by atoms with Crippen molar-refractivity contribution in [1.82, 2.24) is 5.32 Å². The zero-order valence-electron chi connectivity index (χ0n) is 10.3. The number of rotatable bonds is 2. The Morgan fingerprint density at radius 1 is 1.35 bits per heavy atom. The molecule has 1 aromatic carbocycles. The number of hydrogen-bond acceptors (Lipinski definition) is 5. The zero-order chi connectivity index (χ0) is 14.3. The summed E-state index contributed by atoms with van der Waals surface area (Å²) in [5, 5.41) is 14.1. The number of amides is 1. The lowest BCUT2D eigenvalue weighted by Crippen LogP contribution is -2.45. The van der Waals surface area contributed by atoms with Crippen LogP contribution in [0.25, 0.3) is 0 Å². The first-order chi connectivity index (χ1) is 9.56. The summed E-state index contributed by atoms with van der Waals surface area (Å²) in [6.45, 7) is 0.0881. The summed E-state index contributed by atoms with van der Waals surface area (Å²) in [4.78, 5) is 22.3. The van der Waals surface area contributed by atoms with Crippen LogP contribution in [0, 0.1) is 10.1 Å². The van der Waals surface area contributed by atoms with Crippen molar-refractivity contribution in [2.24, 2.45) is 0 Å². The molecule has 0 bridgehead atoms. The van der Waals surface area contributed by atoms with E-state index in [9.17, 15) is 14.9 Å². The third-order valence-corrected chi connectivity index (χ3v) is 3.79. The van der Waals surface area contributed by atoms with E-state index in [4.69, 9.17) is 21.1 Å². The second kappa shape index (κ2) is 4.82. The van der Waals surface area contributed by atoms with Gasteiger partial charge in [-0.2, -0.15) is 0 Å². The van der Waals surface area contributed by atoms with E-state index in [1.165, 1.54) is 0 Å². The molecule has 0 unspecified atom stereocenters. The van der Waals surface area contributed by atoms with Crippen LogP contribution in [0.5, 0.6) is 11.5 Å². The number of carbonyl (C=O) groups is 1. The molecule has 0 saturated carbocycles. The number of nitro groups is 1. The van der Waals surface area contributed by atoms with E-state index in [1.807, 2.05) is 0 Å². The number of ether oxygens (including phenoxy) is 2. The van der Waals surface area contributed by atoms with Crippen LogP contribution < -0.4 is 14.8 Å². The van der Waals surface area contributed by atoms with Crippen LogP contribution >= 0.6 is 11.6 Å². The standard InChI is InChI=1S/C12H11ClN2O5/c13-7-4-10-9(19-5-20-10)3-6(7)12-8(15(17)18)1-2-11(16)14-12/h3-4,8,12H,1-2,5H2,(H,14,16)/t8-,12+/m0/s1. The molecule has 2 atom stereocenters. The quantitative estimate of drug-likeness (QED) is 0.662. The first-order valence-electron chi connectivity index (χ1n) is 6.08. The molecule has 1 amide bonds. The summed E-state index contributed by atoms with van der Waals surface area (Å²) in [6, 6.07) is 1.49. The van der Waals surface area contributed by atoms with Crippen LogP contribution in [0.3, 0.4) is 0 Å². The van der Waals surface area contributed by atoms with Gasteiger partial charge in [-0.25, -0.2) is 0 Å². The second-order valence-corrected chi connectivity index (χ2v) is 5.07. The van der Waals surface area contributed by atoms with Crippen molar-refractivity contribution in [2.75, 3.05) is 6.79 Å². The highest BCUT2D eigenvalue weighted by molar-refractivity contribution is 6.31. The number of nitrogens with one attached hydrogen (secondary N) is 1. The molecule has 0 aliphatic carbocycles. The SMILES string of the molecule is O=C1CC[C@H]([N+](=O)[O-])[C@@H](c2cc3c(cc2Cl)OCO3)N1. The van der Waals surface area contributed by atoms with E-state index in [0.717, 1.165) is 0 Å². The van der Waals surface area contributed by atoms with Gasteiger partial charge in [-0.1, -0.05) is 11.6 Å². The predicted molar refractivity (Wildman–Crippen MR) is 68.5 cm³/mol. The van der Waals surface area contributed by atoms with E-state index in [2.05, 4.69) is 5.32 Å². The molecule has 0 aromatic heterocycles. The van der Waals surface area contributed by atoms with Crippen LogP contribution in [0.2, 0.25) is 5.02 Å². The number of piperidine rings is 1. The van der Waals surface area contributed by atoms with Gasteiger partial charge >= 0.3 is 0 Å². The number of halogens is 1. The van der Waals surface area contributed by atoms with Crippen LogP contribution in [0.4, 0.5) is 0 Å². The Hall–Kier alpha value is -2.02. The summed E-state index contributed by atoms with van der Waals surface area (Å²) in [5.74, 6) is 0.756. The molecule has 8 heteroatoms. The van der Waals surface area contributed by atoms with Gasteiger partial charge in [0.25, 0.3) is 0 Å². The van der Waals surface area contributed by atoms with E-state index in [-0.39, 0.29) is 30.5 Å². The molecule has 0 spiro atoms. The van der Waals surface area contributed by atoms with Crippen molar-refractivity contribution in [3.8, 4) is 11.5 Å². The Labute approximate surface area is 119 Å². The third kappa shape index (κ3) is 2.14. The Balaban J connectivity index is 2.01. The van der Waals surface area contributed by atoms with Crippen LogP contribution in [-0.2, 0) is 4.79 Å². The molecule has 0 radical (unpaired) electrons. The largest absolute Gasteiger partial charge is 0.454 e. The van der Waals surface area contributed by atoms with Gasteiger partial charge in [-0.05, 0) is 6.07 Å². The minimum Gasteiger partial charge on any atom is -0.454 e. The molecule has 1 saturated heterocycles. The highest BCUT2D eigenvalue weighted by atomic mass is 35.5. The molecule has 1 N–H and O–H groups in total. The average Bonchev–Trinajstić information content (AvgIpc) is 2.84. The third-order valence-electron chi connectivity index (χ3n) is 3.47. The molecule has 2 heterocycles. The van der Waals surface area contributed by atoms with Crippen LogP contribution in [0.15, 0.2) is 12.1 Å². The minimum absolute atomic E-state index is 0.0881. The maximum atomic E-state index is 11.5. The Morgan fingerprint density at radius 2 is 2.05 bits per heavy atom. The fraction of sp³-hybridized carbons (Fsp3) is 0.417. The molecule has 1 fully saturated rings. The van der Waals surface area contributed by atoms with Gasteiger partial charge in [0.1, 0.15) is 6.04 Å². The van der Waals surface area contributed by atoms with Gasteiger partial charge in [-0.15, -0.1) is 0 Å². The molecule has 3 rings (SSSR count). The summed E-state index contributed by atoms with van der Waals surface area (Å²) >= 11 is 6.15. The first-order valence-corrected chi connectivity index (χ1v) is 6.46. The lowest BCUT2D eigenvalue weighted by molar-refractivity contribution is -0.529. The lowest BCUT2D eigenvalue weighted by Gasteiger charge is -2.27. The first kappa shape index (κ1) is 13.0. The highest BCUT2D eigenvalue weighted by Gasteiger charge is 2.39. The molecular formula is C12H11ClN2O5. The van der Waals surface area contributed by atoms with E-state index in [0.29, 0.717) is 22.1 Å². The molecule has 2 aliphatic heterocycles. The fourth-order valence-corrected chi connectivity index (χ4v) is 2.74. The van der Waals surface area contributed by atoms with Gasteiger partial charge in [0.2, 0.25) is 18.7 Å². The maximum Gasteiger partial charge on any atom is 0.237 e. The monoisotopic (exact) mass is 298 g/mol. The number of carbonyl (C=O) groups excluding carboxylic acids is 1. The number of nitrogens with zero attached hydrogens (tertiary/aromatic N) is 1. The summed E-state index contributed by atoms with van der Waals surface area (Å²) in [6.07, 6.45) is 0.332. The van der Waals surface area contributed by atoms with Crippen molar-refractivity contribution in [2.45, 2.75) is 24.9 Å².